The average Bonchev–Trinajstić information content (AvgIpc) is 3.07. The van der Waals surface area contributed by atoms with Gasteiger partial charge in [-0.15, -0.1) is 5.10 Å². The second-order valence-electron chi connectivity index (χ2n) is 6.76. The Morgan fingerprint density at radius 1 is 1.21 bits per heavy atom. The zero-order chi connectivity index (χ0) is 17.0. The number of aromatic nitrogens is 3. The molecule has 6 heteroatoms. The third-order valence-corrected chi connectivity index (χ3v) is 4.41. The molecule has 1 fully saturated rings. The summed E-state index contributed by atoms with van der Waals surface area (Å²) in [5.41, 5.74) is 0.690. The summed E-state index contributed by atoms with van der Waals surface area (Å²) in [6, 6.07) is 9.95. The second-order valence-corrected chi connectivity index (χ2v) is 6.76. The largest absolute Gasteiger partial charge is 0.437 e. The predicted octanol–water partition coefficient (Wildman–Crippen LogP) is 3.56. The van der Waals surface area contributed by atoms with Crippen molar-refractivity contribution in [3.05, 3.63) is 42.2 Å². The van der Waals surface area contributed by atoms with Gasteiger partial charge in [0.15, 0.2) is 5.60 Å². The summed E-state index contributed by atoms with van der Waals surface area (Å²) in [5.74, 6) is 0. The minimum atomic E-state index is -0.841. The van der Waals surface area contributed by atoms with Crippen molar-refractivity contribution in [1.82, 2.24) is 20.3 Å². The van der Waals surface area contributed by atoms with Gasteiger partial charge in [0, 0.05) is 6.04 Å². The highest BCUT2D eigenvalue weighted by atomic mass is 16.6. The lowest BCUT2D eigenvalue weighted by Crippen LogP contribution is -2.40. The summed E-state index contributed by atoms with van der Waals surface area (Å²) in [6.07, 6.45) is 7.05. The molecule has 0 spiro atoms. The smallest absolute Gasteiger partial charge is 0.408 e. The molecule has 1 amide bonds. The average molecular weight is 328 g/mol. The van der Waals surface area contributed by atoms with Crippen molar-refractivity contribution in [2.45, 2.75) is 57.6 Å². The Bertz CT molecular complexity index is 675. The Morgan fingerprint density at radius 3 is 2.62 bits per heavy atom. The van der Waals surface area contributed by atoms with E-state index >= 15 is 0 Å². The maximum absolute atomic E-state index is 12.2. The highest BCUT2D eigenvalue weighted by Gasteiger charge is 2.30. The van der Waals surface area contributed by atoms with E-state index in [4.69, 9.17) is 4.74 Å². The zero-order valence-corrected chi connectivity index (χ0v) is 14.2. The minimum absolute atomic E-state index is 0.224. The number of benzene rings is 1. The zero-order valence-electron chi connectivity index (χ0n) is 14.2. The molecule has 3 rings (SSSR count). The van der Waals surface area contributed by atoms with Crippen LogP contribution in [-0.4, -0.2) is 27.1 Å². The molecule has 1 N–H and O–H groups in total. The summed E-state index contributed by atoms with van der Waals surface area (Å²) in [5, 5.41) is 11.3. The van der Waals surface area contributed by atoms with E-state index in [0.717, 1.165) is 18.5 Å². The summed E-state index contributed by atoms with van der Waals surface area (Å²) < 4.78 is 7.29. The van der Waals surface area contributed by atoms with E-state index in [1.54, 1.807) is 10.9 Å². The molecular weight excluding hydrogens is 304 g/mol. The van der Waals surface area contributed by atoms with Gasteiger partial charge in [-0.05, 0) is 38.8 Å². The van der Waals surface area contributed by atoms with Crippen LogP contribution < -0.4 is 5.32 Å². The van der Waals surface area contributed by atoms with Crippen LogP contribution in [-0.2, 0) is 10.3 Å². The fourth-order valence-corrected chi connectivity index (χ4v) is 2.97. The molecule has 128 valence electrons. The van der Waals surface area contributed by atoms with Crippen molar-refractivity contribution in [1.29, 1.82) is 0 Å². The molecular formula is C18H24N4O2. The van der Waals surface area contributed by atoms with Crippen molar-refractivity contribution in [3.8, 4) is 5.69 Å². The van der Waals surface area contributed by atoms with E-state index in [0.29, 0.717) is 5.69 Å². The highest BCUT2D eigenvalue weighted by Crippen LogP contribution is 2.24. The number of alkyl carbamates (subject to hydrolysis) is 1. The molecule has 1 aliphatic carbocycles. The molecule has 1 aromatic heterocycles. The van der Waals surface area contributed by atoms with E-state index in [9.17, 15) is 4.79 Å². The monoisotopic (exact) mass is 328 g/mol. The van der Waals surface area contributed by atoms with Crippen LogP contribution in [0, 0.1) is 0 Å². The molecule has 0 bridgehead atoms. The number of para-hydroxylation sites is 1. The molecule has 0 unspecified atom stereocenters. The lowest BCUT2D eigenvalue weighted by Gasteiger charge is -2.26. The maximum Gasteiger partial charge on any atom is 0.408 e. The molecule has 0 radical (unpaired) electrons. The standard InChI is InChI=1S/C18H24N4O2/c1-18(2,24-17(23)19-14-9-5-3-6-10-14)16-13-22(21-20-16)15-11-7-4-8-12-15/h4,7-8,11-14H,3,5-6,9-10H2,1-2H3,(H,19,23). The Morgan fingerprint density at radius 2 is 1.92 bits per heavy atom. The van der Waals surface area contributed by atoms with Crippen LogP contribution in [0.15, 0.2) is 36.5 Å². The number of rotatable bonds is 4. The number of carbonyl (C=O) groups is 1. The summed E-state index contributed by atoms with van der Waals surface area (Å²) in [7, 11) is 0. The molecule has 1 saturated carbocycles. The van der Waals surface area contributed by atoms with Crippen LogP contribution in [0.1, 0.15) is 51.6 Å². The topological polar surface area (TPSA) is 69.0 Å². The molecule has 1 aromatic carbocycles. The molecule has 0 aliphatic heterocycles. The summed E-state index contributed by atoms with van der Waals surface area (Å²) in [4.78, 5) is 12.2. The van der Waals surface area contributed by atoms with Crippen molar-refractivity contribution in [3.63, 3.8) is 0 Å². The quantitative estimate of drug-likeness (QED) is 0.931. The Kier molecular flexibility index (Phi) is 4.83. The van der Waals surface area contributed by atoms with Gasteiger partial charge in [-0.3, -0.25) is 0 Å². The van der Waals surface area contributed by atoms with Crippen LogP contribution in [0.5, 0.6) is 0 Å². The van der Waals surface area contributed by atoms with Crippen LogP contribution >= 0.6 is 0 Å². The van der Waals surface area contributed by atoms with Crippen molar-refractivity contribution in [2.75, 3.05) is 0 Å². The number of amides is 1. The lowest BCUT2D eigenvalue weighted by atomic mass is 9.96. The van der Waals surface area contributed by atoms with Gasteiger partial charge in [-0.25, -0.2) is 9.48 Å². The number of hydrogen-bond acceptors (Lipinski definition) is 4. The molecule has 6 nitrogen and oxygen atoms in total. The molecule has 0 saturated heterocycles. The fraction of sp³-hybridized carbons (Fsp3) is 0.500. The third kappa shape index (κ3) is 3.93. The molecule has 24 heavy (non-hydrogen) atoms. The first kappa shape index (κ1) is 16.5. The third-order valence-electron chi connectivity index (χ3n) is 4.41. The van der Waals surface area contributed by atoms with Gasteiger partial charge in [0.2, 0.25) is 0 Å². The maximum atomic E-state index is 12.2. The van der Waals surface area contributed by atoms with E-state index in [1.807, 2.05) is 44.2 Å². The molecule has 2 aromatic rings. The number of nitrogens with zero attached hydrogens (tertiary/aromatic N) is 3. The normalized spacial score (nSPS) is 15.9. The van der Waals surface area contributed by atoms with Crippen molar-refractivity contribution >= 4 is 6.09 Å². The first-order chi connectivity index (χ1) is 11.5. The Hall–Kier alpha value is -2.37. The van der Waals surface area contributed by atoms with Crippen LogP contribution in [0.25, 0.3) is 5.69 Å². The SMILES string of the molecule is CC(C)(OC(=O)NC1CCCCC1)c1cn(-c2ccccc2)nn1. The summed E-state index contributed by atoms with van der Waals surface area (Å²) >= 11 is 0. The number of nitrogens with one attached hydrogen (secondary N) is 1. The first-order valence-electron chi connectivity index (χ1n) is 8.52. The Labute approximate surface area is 142 Å². The van der Waals surface area contributed by atoms with Gasteiger partial charge in [-0.2, -0.15) is 0 Å². The molecule has 1 heterocycles. The van der Waals surface area contributed by atoms with E-state index in [2.05, 4.69) is 15.6 Å². The highest BCUT2D eigenvalue weighted by molar-refractivity contribution is 5.68. The van der Waals surface area contributed by atoms with Gasteiger partial charge in [-0.1, -0.05) is 42.7 Å². The van der Waals surface area contributed by atoms with Gasteiger partial charge < -0.3 is 10.1 Å². The van der Waals surface area contributed by atoms with Gasteiger partial charge in [0.1, 0.15) is 5.69 Å². The van der Waals surface area contributed by atoms with Gasteiger partial charge in [0.25, 0.3) is 0 Å². The van der Waals surface area contributed by atoms with E-state index in [1.165, 1.54) is 19.3 Å². The number of carbonyl (C=O) groups excluding carboxylic acids is 1. The lowest BCUT2D eigenvalue weighted by molar-refractivity contribution is 0.0303. The predicted molar refractivity (Wildman–Crippen MR) is 90.9 cm³/mol. The van der Waals surface area contributed by atoms with E-state index in [-0.39, 0.29) is 12.1 Å². The van der Waals surface area contributed by atoms with Gasteiger partial charge in [0.05, 0.1) is 11.9 Å². The fourth-order valence-electron chi connectivity index (χ4n) is 2.97. The molecule has 0 atom stereocenters. The minimum Gasteiger partial charge on any atom is -0.437 e. The van der Waals surface area contributed by atoms with Crippen LogP contribution in [0.4, 0.5) is 4.79 Å². The van der Waals surface area contributed by atoms with E-state index < -0.39 is 5.60 Å². The first-order valence-corrected chi connectivity index (χ1v) is 8.52. The van der Waals surface area contributed by atoms with Crippen molar-refractivity contribution in [2.24, 2.45) is 0 Å². The van der Waals surface area contributed by atoms with Gasteiger partial charge >= 0.3 is 6.09 Å². The second kappa shape index (κ2) is 7.03. The van der Waals surface area contributed by atoms with Crippen LogP contribution in [0.3, 0.4) is 0 Å². The van der Waals surface area contributed by atoms with Crippen LogP contribution in [0.2, 0.25) is 0 Å². The van der Waals surface area contributed by atoms with Crippen molar-refractivity contribution < 1.29 is 9.53 Å². The number of ether oxygens (including phenoxy) is 1. The number of hydrogen-bond donors (Lipinski definition) is 1. The Balaban J connectivity index is 1.64. The summed E-state index contributed by atoms with van der Waals surface area (Å²) in [6.45, 7) is 3.65. The molecule has 1 aliphatic rings.